The topological polar surface area (TPSA) is 29.5 Å². The SMILES string of the molecule is COCCN(Cc1cccs1)C(=O)c1cccc(CCl)c1. The Morgan fingerprint density at radius 3 is 2.86 bits per heavy atom. The van der Waals surface area contributed by atoms with Crippen molar-refractivity contribution in [3.63, 3.8) is 0 Å². The highest BCUT2D eigenvalue weighted by Gasteiger charge is 2.16. The van der Waals surface area contributed by atoms with Crippen LogP contribution in [0.2, 0.25) is 0 Å². The Morgan fingerprint density at radius 1 is 1.33 bits per heavy atom. The van der Waals surface area contributed by atoms with E-state index in [0.717, 1.165) is 10.4 Å². The lowest BCUT2D eigenvalue weighted by Crippen LogP contribution is -2.33. The highest BCUT2D eigenvalue weighted by atomic mass is 35.5. The molecule has 0 atom stereocenters. The van der Waals surface area contributed by atoms with Gasteiger partial charge in [-0.2, -0.15) is 0 Å². The van der Waals surface area contributed by atoms with Gasteiger partial charge in [0.1, 0.15) is 0 Å². The molecule has 1 amide bonds. The molecule has 2 aromatic rings. The number of rotatable bonds is 7. The molecule has 0 aliphatic rings. The summed E-state index contributed by atoms with van der Waals surface area (Å²) in [7, 11) is 1.64. The van der Waals surface area contributed by atoms with Crippen LogP contribution in [-0.2, 0) is 17.2 Å². The van der Waals surface area contributed by atoms with Gasteiger partial charge in [-0.25, -0.2) is 0 Å². The number of nitrogens with zero attached hydrogens (tertiary/aromatic N) is 1. The van der Waals surface area contributed by atoms with Crippen molar-refractivity contribution in [2.75, 3.05) is 20.3 Å². The van der Waals surface area contributed by atoms with Crippen molar-refractivity contribution in [2.24, 2.45) is 0 Å². The molecular formula is C16H18ClNO2S. The minimum absolute atomic E-state index is 0.00687. The van der Waals surface area contributed by atoms with Gasteiger partial charge in [0.05, 0.1) is 13.2 Å². The van der Waals surface area contributed by atoms with Crippen molar-refractivity contribution < 1.29 is 9.53 Å². The number of carbonyl (C=O) groups is 1. The first-order valence-corrected chi connectivity index (χ1v) is 8.11. The van der Waals surface area contributed by atoms with E-state index in [2.05, 4.69) is 0 Å². The van der Waals surface area contributed by atoms with E-state index in [4.69, 9.17) is 16.3 Å². The van der Waals surface area contributed by atoms with Crippen LogP contribution >= 0.6 is 22.9 Å². The predicted octanol–water partition coefficient (Wildman–Crippen LogP) is 3.78. The molecule has 0 aliphatic carbocycles. The first-order valence-electron chi connectivity index (χ1n) is 6.70. The normalized spacial score (nSPS) is 10.6. The van der Waals surface area contributed by atoms with Gasteiger partial charge in [0.2, 0.25) is 0 Å². The van der Waals surface area contributed by atoms with Gasteiger partial charge in [-0.15, -0.1) is 22.9 Å². The van der Waals surface area contributed by atoms with E-state index in [9.17, 15) is 4.79 Å². The standard InChI is InChI=1S/C16H18ClNO2S/c1-20-8-7-18(12-15-6-3-9-21-15)16(19)14-5-2-4-13(10-14)11-17/h2-6,9-10H,7-8,11-12H2,1H3. The largest absolute Gasteiger partial charge is 0.383 e. The van der Waals surface area contributed by atoms with Crippen LogP contribution in [0.25, 0.3) is 0 Å². The molecule has 0 bridgehead atoms. The monoisotopic (exact) mass is 323 g/mol. The molecular weight excluding hydrogens is 306 g/mol. The number of benzene rings is 1. The summed E-state index contributed by atoms with van der Waals surface area (Å²) in [5.41, 5.74) is 1.62. The Balaban J connectivity index is 2.15. The molecule has 0 N–H and O–H groups in total. The molecule has 2 rings (SSSR count). The number of carbonyl (C=O) groups excluding carboxylic acids is 1. The molecule has 0 saturated carbocycles. The fraction of sp³-hybridized carbons (Fsp3) is 0.312. The van der Waals surface area contributed by atoms with Crippen molar-refractivity contribution in [1.82, 2.24) is 4.90 Å². The number of halogens is 1. The Labute approximate surface area is 134 Å². The average molecular weight is 324 g/mol. The zero-order chi connectivity index (χ0) is 15.1. The second kappa shape index (κ2) is 8.17. The third kappa shape index (κ3) is 4.56. The first-order chi connectivity index (χ1) is 10.2. The second-order valence-electron chi connectivity index (χ2n) is 4.63. The van der Waals surface area contributed by atoms with Crippen LogP contribution < -0.4 is 0 Å². The molecule has 5 heteroatoms. The Bertz CT molecular complexity index is 571. The van der Waals surface area contributed by atoms with Gasteiger partial charge >= 0.3 is 0 Å². The molecule has 3 nitrogen and oxygen atoms in total. The number of hydrogen-bond donors (Lipinski definition) is 0. The highest BCUT2D eigenvalue weighted by molar-refractivity contribution is 7.09. The van der Waals surface area contributed by atoms with Crippen LogP contribution in [0.1, 0.15) is 20.8 Å². The van der Waals surface area contributed by atoms with Crippen molar-refractivity contribution >= 4 is 28.8 Å². The molecule has 0 spiro atoms. The molecule has 21 heavy (non-hydrogen) atoms. The van der Waals surface area contributed by atoms with E-state index < -0.39 is 0 Å². The first kappa shape index (κ1) is 16.0. The lowest BCUT2D eigenvalue weighted by Gasteiger charge is -2.22. The van der Waals surface area contributed by atoms with E-state index in [1.54, 1.807) is 18.4 Å². The molecule has 1 aromatic carbocycles. The van der Waals surface area contributed by atoms with Gasteiger partial charge in [0, 0.05) is 30.0 Å². The quantitative estimate of drug-likeness (QED) is 0.726. The lowest BCUT2D eigenvalue weighted by atomic mass is 10.1. The summed E-state index contributed by atoms with van der Waals surface area (Å²) in [6.07, 6.45) is 0. The summed E-state index contributed by atoms with van der Waals surface area (Å²) >= 11 is 7.49. The number of ether oxygens (including phenoxy) is 1. The number of methoxy groups -OCH3 is 1. The molecule has 112 valence electrons. The van der Waals surface area contributed by atoms with E-state index >= 15 is 0 Å². The summed E-state index contributed by atoms with van der Waals surface area (Å²) < 4.78 is 5.11. The van der Waals surface area contributed by atoms with Crippen LogP contribution in [0.5, 0.6) is 0 Å². The van der Waals surface area contributed by atoms with Crippen molar-refractivity contribution in [3.05, 3.63) is 57.8 Å². The molecule has 0 saturated heterocycles. The van der Waals surface area contributed by atoms with Crippen LogP contribution in [0.4, 0.5) is 0 Å². The molecule has 0 radical (unpaired) electrons. The Morgan fingerprint density at radius 2 is 2.19 bits per heavy atom. The lowest BCUT2D eigenvalue weighted by molar-refractivity contribution is 0.0682. The van der Waals surface area contributed by atoms with Crippen molar-refractivity contribution in [1.29, 1.82) is 0 Å². The van der Waals surface area contributed by atoms with Crippen molar-refractivity contribution in [2.45, 2.75) is 12.4 Å². The molecule has 0 fully saturated rings. The average Bonchev–Trinajstić information content (AvgIpc) is 3.03. The van der Waals surface area contributed by atoms with Crippen molar-refractivity contribution in [3.8, 4) is 0 Å². The molecule has 0 aliphatic heterocycles. The maximum absolute atomic E-state index is 12.7. The van der Waals surface area contributed by atoms with Gasteiger partial charge in [-0.05, 0) is 29.1 Å². The van der Waals surface area contributed by atoms with Crippen LogP contribution in [-0.4, -0.2) is 31.1 Å². The van der Waals surface area contributed by atoms with Gasteiger partial charge in [-0.1, -0.05) is 18.2 Å². The van der Waals surface area contributed by atoms with Crippen LogP contribution in [0.3, 0.4) is 0 Å². The Hall–Kier alpha value is -1.36. The fourth-order valence-electron chi connectivity index (χ4n) is 2.01. The molecule has 0 unspecified atom stereocenters. The van der Waals surface area contributed by atoms with Crippen LogP contribution in [0.15, 0.2) is 41.8 Å². The van der Waals surface area contributed by atoms with Gasteiger partial charge < -0.3 is 9.64 Å². The third-order valence-electron chi connectivity index (χ3n) is 3.11. The molecule has 1 aromatic heterocycles. The summed E-state index contributed by atoms with van der Waals surface area (Å²) in [4.78, 5) is 15.6. The minimum Gasteiger partial charge on any atom is -0.383 e. The summed E-state index contributed by atoms with van der Waals surface area (Å²) in [5.74, 6) is 0.414. The van der Waals surface area contributed by atoms with E-state index in [0.29, 0.717) is 31.1 Å². The summed E-state index contributed by atoms with van der Waals surface area (Å²) in [6.45, 7) is 1.69. The summed E-state index contributed by atoms with van der Waals surface area (Å²) in [6, 6.07) is 11.5. The summed E-state index contributed by atoms with van der Waals surface area (Å²) in [5, 5.41) is 2.02. The Kier molecular flexibility index (Phi) is 6.23. The van der Waals surface area contributed by atoms with E-state index in [-0.39, 0.29) is 5.91 Å². The zero-order valence-electron chi connectivity index (χ0n) is 11.9. The maximum Gasteiger partial charge on any atom is 0.254 e. The maximum atomic E-state index is 12.7. The zero-order valence-corrected chi connectivity index (χ0v) is 13.5. The molecule has 1 heterocycles. The van der Waals surface area contributed by atoms with Gasteiger partial charge in [0.15, 0.2) is 0 Å². The minimum atomic E-state index is 0.00687. The van der Waals surface area contributed by atoms with E-state index in [1.807, 2.05) is 46.7 Å². The van der Waals surface area contributed by atoms with Gasteiger partial charge in [0.25, 0.3) is 5.91 Å². The fourth-order valence-corrected chi connectivity index (χ4v) is 2.90. The third-order valence-corrected chi connectivity index (χ3v) is 4.28. The van der Waals surface area contributed by atoms with Gasteiger partial charge in [-0.3, -0.25) is 4.79 Å². The number of hydrogen-bond acceptors (Lipinski definition) is 3. The number of thiophene rings is 1. The number of alkyl halides is 1. The predicted molar refractivity (Wildman–Crippen MR) is 86.9 cm³/mol. The highest BCUT2D eigenvalue weighted by Crippen LogP contribution is 2.16. The second-order valence-corrected chi connectivity index (χ2v) is 5.93. The van der Waals surface area contributed by atoms with E-state index in [1.165, 1.54) is 0 Å². The number of amides is 1. The smallest absolute Gasteiger partial charge is 0.254 e. The van der Waals surface area contributed by atoms with Crippen LogP contribution in [0, 0.1) is 0 Å².